The van der Waals surface area contributed by atoms with Gasteiger partial charge in [-0.2, -0.15) is 0 Å². The average molecular weight is 296 g/mol. The molecule has 2 nitrogen and oxygen atoms in total. The van der Waals surface area contributed by atoms with Crippen LogP contribution in [0.4, 0.5) is 8.78 Å². The van der Waals surface area contributed by atoms with Gasteiger partial charge in [0.2, 0.25) is 0 Å². The zero-order valence-corrected chi connectivity index (χ0v) is 13.3. The first-order valence-electron chi connectivity index (χ1n) is 7.87. The Morgan fingerprint density at radius 3 is 2.24 bits per heavy atom. The minimum atomic E-state index is -0.501. The molecule has 1 aliphatic heterocycles. The Bertz CT molecular complexity index is 448. The van der Waals surface area contributed by atoms with Crippen LogP contribution in [0.15, 0.2) is 18.2 Å². The van der Waals surface area contributed by atoms with Gasteiger partial charge in [0.15, 0.2) is 0 Å². The second-order valence-corrected chi connectivity index (χ2v) is 6.44. The number of hydrogen-bond donors (Lipinski definition) is 1. The van der Waals surface area contributed by atoms with Crippen molar-refractivity contribution in [2.75, 3.05) is 19.6 Å². The predicted molar refractivity (Wildman–Crippen MR) is 82.4 cm³/mol. The molecule has 0 bridgehead atoms. The summed E-state index contributed by atoms with van der Waals surface area (Å²) < 4.78 is 26.8. The summed E-state index contributed by atoms with van der Waals surface area (Å²) in [6.45, 7) is 9.57. The van der Waals surface area contributed by atoms with Crippen molar-refractivity contribution in [3.63, 3.8) is 0 Å². The molecule has 0 aliphatic carbocycles. The third-order valence-corrected chi connectivity index (χ3v) is 4.59. The van der Waals surface area contributed by atoms with E-state index >= 15 is 0 Å². The molecular weight excluding hydrogens is 270 g/mol. The fourth-order valence-electron chi connectivity index (χ4n) is 3.30. The lowest BCUT2D eigenvalue weighted by Gasteiger charge is -2.42. The van der Waals surface area contributed by atoms with Gasteiger partial charge in [0.05, 0.1) is 0 Å². The molecule has 0 saturated carbocycles. The normalized spacial score (nSPS) is 18.1. The maximum atomic E-state index is 13.4. The molecule has 4 heteroatoms. The number of benzene rings is 1. The number of hydrogen-bond acceptors (Lipinski definition) is 2. The first kappa shape index (κ1) is 16.4. The largest absolute Gasteiger partial charge is 0.312 e. The third kappa shape index (κ3) is 4.01. The smallest absolute Gasteiger partial charge is 0.126 e. The van der Waals surface area contributed by atoms with Crippen LogP contribution >= 0.6 is 0 Å². The fourth-order valence-corrected chi connectivity index (χ4v) is 3.30. The lowest BCUT2D eigenvalue weighted by molar-refractivity contribution is 0.107. The van der Waals surface area contributed by atoms with E-state index in [-0.39, 0.29) is 11.6 Å². The molecule has 1 atom stereocenters. The van der Waals surface area contributed by atoms with Crippen LogP contribution in [-0.4, -0.2) is 36.1 Å². The number of likely N-dealkylation sites (tertiary alicyclic amines) is 1. The molecule has 0 amide bonds. The van der Waals surface area contributed by atoms with Crippen molar-refractivity contribution in [1.82, 2.24) is 10.2 Å². The van der Waals surface area contributed by atoms with Gasteiger partial charge in [-0.3, -0.25) is 4.90 Å². The van der Waals surface area contributed by atoms with E-state index in [0.717, 1.165) is 25.7 Å². The highest BCUT2D eigenvalue weighted by Gasteiger charge is 2.36. The van der Waals surface area contributed by atoms with Crippen LogP contribution in [0.3, 0.4) is 0 Å². The van der Waals surface area contributed by atoms with E-state index in [0.29, 0.717) is 12.0 Å². The van der Waals surface area contributed by atoms with Gasteiger partial charge in [-0.25, -0.2) is 8.78 Å². The molecule has 0 spiro atoms. The van der Waals surface area contributed by atoms with E-state index in [1.54, 1.807) is 0 Å². The molecule has 1 aromatic rings. The Morgan fingerprint density at radius 1 is 1.14 bits per heavy atom. The van der Waals surface area contributed by atoms with Crippen molar-refractivity contribution in [3.8, 4) is 0 Å². The van der Waals surface area contributed by atoms with Crippen molar-refractivity contribution in [2.24, 2.45) is 0 Å². The fraction of sp³-hybridized carbons (Fsp3) is 0.647. The van der Waals surface area contributed by atoms with Gasteiger partial charge in [0.1, 0.15) is 11.6 Å². The molecule has 0 aromatic heterocycles. The van der Waals surface area contributed by atoms with Crippen LogP contribution in [0.5, 0.6) is 0 Å². The number of halogens is 2. The highest BCUT2D eigenvalue weighted by molar-refractivity contribution is 5.20. The first-order chi connectivity index (χ1) is 9.93. The molecular formula is C17H26F2N2. The second kappa shape index (κ2) is 6.84. The Balaban J connectivity index is 2.17. The Labute approximate surface area is 126 Å². The van der Waals surface area contributed by atoms with E-state index in [1.165, 1.54) is 25.0 Å². The summed E-state index contributed by atoms with van der Waals surface area (Å²) in [6, 6.07) is 3.97. The molecule has 0 radical (unpaired) electrons. The molecule has 1 aliphatic rings. The maximum absolute atomic E-state index is 13.4. The highest BCUT2D eigenvalue weighted by Crippen LogP contribution is 2.26. The summed E-state index contributed by atoms with van der Waals surface area (Å²) in [5.74, 6) is -1.00. The van der Waals surface area contributed by atoms with Crippen LogP contribution in [0.2, 0.25) is 0 Å². The number of nitrogens with zero attached hydrogens (tertiary/aromatic N) is 1. The lowest BCUT2D eigenvalue weighted by atomic mass is 9.87. The Hall–Kier alpha value is -1.00. The monoisotopic (exact) mass is 296 g/mol. The lowest BCUT2D eigenvalue weighted by Crippen LogP contribution is -2.57. The van der Waals surface area contributed by atoms with Crippen LogP contribution < -0.4 is 5.32 Å². The summed E-state index contributed by atoms with van der Waals surface area (Å²) in [5, 5.41) is 3.50. The second-order valence-electron chi connectivity index (χ2n) is 6.44. The number of likely N-dealkylation sites (N-methyl/N-ethyl adjacent to an activating group) is 1. The van der Waals surface area contributed by atoms with Gasteiger partial charge in [-0.15, -0.1) is 0 Å². The van der Waals surface area contributed by atoms with Gasteiger partial charge in [-0.05, 0) is 70.4 Å². The molecule has 1 N–H and O–H groups in total. The molecule has 1 unspecified atom stereocenters. The highest BCUT2D eigenvalue weighted by atomic mass is 19.1. The Kier molecular flexibility index (Phi) is 5.33. The topological polar surface area (TPSA) is 15.3 Å². The standard InChI is InChI=1S/C17H26F2N2/c1-4-20-16(17(2,3)21-7-5-6-8-21)11-13-9-14(18)12-15(19)10-13/h9-10,12,16,20H,4-8,11H2,1-3H3. The number of nitrogens with one attached hydrogen (secondary N) is 1. The van der Waals surface area contributed by atoms with Gasteiger partial charge in [0, 0.05) is 17.6 Å². The van der Waals surface area contributed by atoms with E-state index in [1.807, 2.05) is 0 Å². The van der Waals surface area contributed by atoms with Gasteiger partial charge < -0.3 is 5.32 Å². The maximum Gasteiger partial charge on any atom is 0.126 e. The Morgan fingerprint density at radius 2 is 1.71 bits per heavy atom. The van der Waals surface area contributed by atoms with E-state index in [4.69, 9.17) is 0 Å². The van der Waals surface area contributed by atoms with Crippen molar-refractivity contribution in [3.05, 3.63) is 35.4 Å². The van der Waals surface area contributed by atoms with Crippen molar-refractivity contribution in [1.29, 1.82) is 0 Å². The third-order valence-electron chi connectivity index (χ3n) is 4.59. The van der Waals surface area contributed by atoms with Gasteiger partial charge in [-0.1, -0.05) is 6.92 Å². The molecule has 1 fully saturated rings. The molecule has 1 heterocycles. The van der Waals surface area contributed by atoms with E-state index < -0.39 is 11.6 Å². The van der Waals surface area contributed by atoms with E-state index in [9.17, 15) is 8.78 Å². The van der Waals surface area contributed by atoms with Crippen molar-refractivity contribution in [2.45, 2.75) is 51.6 Å². The predicted octanol–water partition coefficient (Wildman–Crippen LogP) is 3.36. The summed E-state index contributed by atoms with van der Waals surface area (Å²) in [5.41, 5.74) is 0.681. The molecule has 118 valence electrons. The molecule has 2 rings (SSSR count). The molecule has 21 heavy (non-hydrogen) atoms. The molecule has 1 aromatic carbocycles. The summed E-state index contributed by atoms with van der Waals surface area (Å²) in [7, 11) is 0. The van der Waals surface area contributed by atoms with Crippen LogP contribution in [-0.2, 0) is 6.42 Å². The first-order valence-corrected chi connectivity index (χ1v) is 7.87. The summed E-state index contributed by atoms with van der Waals surface area (Å²) in [6.07, 6.45) is 3.10. The zero-order chi connectivity index (χ0) is 15.5. The SMILES string of the molecule is CCNC(Cc1cc(F)cc(F)c1)C(C)(C)N1CCCC1. The van der Waals surface area contributed by atoms with Gasteiger partial charge in [0.25, 0.3) is 0 Å². The number of rotatable bonds is 6. The average Bonchev–Trinajstić information content (AvgIpc) is 2.91. The van der Waals surface area contributed by atoms with Crippen molar-refractivity contribution < 1.29 is 8.78 Å². The van der Waals surface area contributed by atoms with Crippen LogP contribution in [0, 0.1) is 11.6 Å². The summed E-state index contributed by atoms with van der Waals surface area (Å²) >= 11 is 0. The molecule has 1 saturated heterocycles. The van der Waals surface area contributed by atoms with Crippen molar-refractivity contribution >= 4 is 0 Å². The van der Waals surface area contributed by atoms with Crippen LogP contribution in [0.25, 0.3) is 0 Å². The summed E-state index contributed by atoms with van der Waals surface area (Å²) in [4.78, 5) is 2.48. The van der Waals surface area contributed by atoms with Gasteiger partial charge >= 0.3 is 0 Å². The minimum Gasteiger partial charge on any atom is -0.312 e. The van der Waals surface area contributed by atoms with E-state index in [2.05, 4.69) is 31.0 Å². The quantitative estimate of drug-likeness (QED) is 0.866. The minimum absolute atomic E-state index is 0.0324. The zero-order valence-electron chi connectivity index (χ0n) is 13.3. The van der Waals surface area contributed by atoms with Crippen LogP contribution in [0.1, 0.15) is 39.2 Å².